The molecule has 1 aromatic carbocycles. The number of phenolic OH excluding ortho intramolecular Hbond substituents is 1. The first kappa shape index (κ1) is 16.3. The lowest BCUT2D eigenvalue weighted by Gasteiger charge is -2.29. The number of alkyl halides is 3. The molecule has 0 aliphatic carbocycles. The lowest BCUT2D eigenvalue weighted by atomic mass is 9.90. The molecule has 1 atom stereocenters. The van der Waals surface area contributed by atoms with Crippen molar-refractivity contribution in [3.05, 3.63) is 28.8 Å². The molecule has 1 unspecified atom stereocenters. The van der Waals surface area contributed by atoms with Crippen molar-refractivity contribution in [2.75, 3.05) is 6.61 Å². The van der Waals surface area contributed by atoms with Crippen molar-refractivity contribution >= 4 is 5.97 Å². The van der Waals surface area contributed by atoms with E-state index in [-0.39, 0.29) is 23.5 Å². The summed E-state index contributed by atoms with van der Waals surface area (Å²) in [6, 6.07) is 1.82. The van der Waals surface area contributed by atoms with Crippen LogP contribution in [0.4, 0.5) is 13.2 Å². The third-order valence-electron chi connectivity index (χ3n) is 2.89. The van der Waals surface area contributed by atoms with E-state index < -0.39 is 23.3 Å². The third kappa shape index (κ3) is 2.58. The van der Waals surface area contributed by atoms with Gasteiger partial charge in [0.1, 0.15) is 5.75 Å². The van der Waals surface area contributed by atoms with Gasteiger partial charge in [0.25, 0.3) is 5.60 Å². The van der Waals surface area contributed by atoms with E-state index in [9.17, 15) is 28.2 Å². The SMILES string of the molecule is CCOC(=O)C(O)(c1cc(C)c(O)c(C)c1)C(F)(F)F. The molecule has 0 aliphatic rings. The molecule has 0 aromatic heterocycles. The molecule has 0 spiro atoms. The number of benzene rings is 1. The first-order valence-corrected chi connectivity index (χ1v) is 5.82. The summed E-state index contributed by atoms with van der Waals surface area (Å²) in [6.45, 7) is 3.77. The molecule has 0 amide bonds. The molecule has 0 aliphatic heterocycles. The summed E-state index contributed by atoms with van der Waals surface area (Å²) < 4.78 is 43.7. The standard InChI is InChI=1S/C13H15F3O4/c1-4-20-11(18)12(19,13(14,15)16)9-5-7(2)10(17)8(3)6-9/h5-6,17,19H,4H2,1-3H3. The van der Waals surface area contributed by atoms with Crippen LogP contribution in [-0.4, -0.2) is 29.0 Å². The molecule has 1 rings (SSSR count). The lowest BCUT2D eigenvalue weighted by molar-refractivity contribution is -0.267. The van der Waals surface area contributed by atoms with Crippen molar-refractivity contribution in [1.82, 2.24) is 0 Å². The van der Waals surface area contributed by atoms with Crippen molar-refractivity contribution in [2.24, 2.45) is 0 Å². The molecule has 0 fully saturated rings. The molecule has 0 bridgehead atoms. The summed E-state index contributed by atoms with van der Waals surface area (Å²) in [4.78, 5) is 11.6. The first-order valence-electron chi connectivity index (χ1n) is 5.82. The normalized spacial score (nSPS) is 14.8. The van der Waals surface area contributed by atoms with E-state index in [4.69, 9.17) is 0 Å². The maximum atomic E-state index is 13.1. The Morgan fingerprint density at radius 1 is 1.25 bits per heavy atom. The van der Waals surface area contributed by atoms with Crippen molar-refractivity contribution in [3.63, 3.8) is 0 Å². The van der Waals surface area contributed by atoms with Gasteiger partial charge in [-0.2, -0.15) is 13.2 Å². The number of halogens is 3. The minimum atomic E-state index is -5.24. The second-order valence-corrected chi connectivity index (χ2v) is 4.39. The molecule has 112 valence electrons. The Kier molecular flexibility index (Phi) is 4.33. The number of carbonyl (C=O) groups is 1. The van der Waals surface area contributed by atoms with Crippen molar-refractivity contribution in [3.8, 4) is 5.75 Å². The number of ether oxygens (including phenoxy) is 1. The van der Waals surface area contributed by atoms with Crippen molar-refractivity contribution < 1.29 is 32.9 Å². The predicted molar refractivity (Wildman–Crippen MR) is 64.2 cm³/mol. The lowest BCUT2D eigenvalue weighted by Crippen LogP contribution is -2.50. The zero-order chi connectivity index (χ0) is 15.7. The molecule has 4 nitrogen and oxygen atoms in total. The fraction of sp³-hybridized carbons (Fsp3) is 0.462. The summed E-state index contributed by atoms with van der Waals surface area (Å²) in [6.07, 6.45) is -5.24. The Labute approximate surface area is 113 Å². The largest absolute Gasteiger partial charge is 0.507 e. The average molecular weight is 292 g/mol. The minimum Gasteiger partial charge on any atom is -0.507 e. The fourth-order valence-electron chi connectivity index (χ4n) is 1.80. The number of esters is 1. The van der Waals surface area contributed by atoms with Gasteiger partial charge < -0.3 is 14.9 Å². The summed E-state index contributed by atoms with van der Waals surface area (Å²) in [5, 5.41) is 19.4. The maximum Gasteiger partial charge on any atom is 0.432 e. The molecule has 0 saturated heterocycles. The highest BCUT2D eigenvalue weighted by atomic mass is 19.4. The fourth-order valence-corrected chi connectivity index (χ4v) is 1.80. The van der Waals surface area contributed by atoms with Crippen LogP contribution < -0.4 is 0 Å². The second kappa shape index (κ2) is 5.32. The van der Waals surface area contributed by atoms with Gasteiger partial charge in [-0.05, 0) is 44.0 Å². The number of hydrogen-bond donors (Lipinski definition) is 2. The maximum absolute atomic E-state index is 13.1. The smallest absolute Gasteiger partial charge is 0.432 e. The van der Waals surface area contributed by atoms with Gasteiger partial charge in [-0.3, -0.25) is 0 Å². The van der Waals surface area contributed by atoms with Gasteiger partial charge in [-0.25, -0.2) is 4.79 Å². The predicted octanol–water partition coefficient (Wildman–Crippen LogP) is 2.32. The number of phenols is 1. The monoisotopic (exact) mass is 292 g/mol. The van der Waals surface area contributed by atoms with Crippen molar-refractivity contribution in [1.29, 1.82) is 0 Å². The Bertz CT molecular complexity index is 502. The van der Waals surface area contributed by atoms with E-state index in [0.717, 1.165) is 12.1 Å². The van der Waals surface area contributed by atoms with Gasteiger partial charge in [-0.1, -0.05) is 0 Å². The average Bonchev–Trinajstić information content (AvgIpc) is 2.33. The van der Waals surface area contributed by atoms with Crippen LogP contribution in [0, 0.1) is 13.8 Å². The van der Waals surface area contributed by atoms with E-state index in [1.165, 1.54) is 20.8 Å². The number of hydrogen-bond acceptors (Lipinski definition) is 4. The third-order valence-corrected chi connectivity index (χ3v) is 2.89. The van der Waals surface area contributed by atoms with Gasteiger partial charge >= 0.3 is 12.1 Å². The number of rotatable bonds is 3. The summed E-state index contributed by atoms with van der Waals surface area (Å²) >= 11 is 0. The molecule has 0 radical (unpaired) electrons. The van der Waals surface area contributed by atoms with Gasteiger partial charge in [0.15, 0.2) is 0 Å². The highest BCUT2D eigenvalue weighted by Gasteiger charge is 2.62. The van der Waals surface area contributed by atoms with Crippen LogP contribution >= 0.6 is 0 Å². The van der Waals surface area contributed by atoms with Gasteiger partial charge in [0, 0.05) is 5.56 Å². The van der Waals surface area contributed by atoms with Crippen LogP contribution in [0.1, 0.15) is 23.6 Å². The topological polar surface area (TPSA) is 66.8 Å². The molecular weight excluding hydrogens is 277 g/mol. The van der Waals surface area contributed by atoms with Crippen molar-refractivity contribution in [2.45, 2.75) is 32.5 Å². The second-order valence-electron chi connectivity index (χ2n) is 4.39. The molecule has 0 heterocycles. The first-order chi connectivity index (χ1) is 9.05. The van der Waals surface area contributed by atoms with E-state index in [1.54, 1.807) is 0 Å². The minimum absolute atomic E-state index is 0.118. The van der Waals surface area contributed by atoms with Crippen LogP contribution in [0.3, 0.4) is 0 Å². The van der Waals surface area contributed by atoms with Crippen LogP contribution in [0.15, 0.2) is 12.1 Å². The Hall–Kier alpha value is -1.76. The number of aliphatic hydroxyl groups is 1. The summed E-state index contributed by atoms with van der Waals surface area (Å²) in [5.74, 6) is -1.99. The van der Waals surface area contributed by atoms with Gasteiger partial charge in [0.2, 0.25) is 0 Å². The highest BCUT2D eigenvalue weighted by Crippen LogP contribution is 2.41. The van der Waals surface area contributed by atoms with E-state index in [2.05, 4.69) is 4.74 Å². The van der Waals surface area contributed by atoms with E-state index in [1.807, 2.05) is 0 Å². The summed E-state index contributed by atoms with van der Waals surface area (Å²) in [5.41, 5.74) is -4.21. The van der Waals surface area contributed by atoms with Crippen LogP contribution in [0.25, 0.3) is 0 Å². The molecule has 7 heteroatoms. The molecule has 1 aromatic rings. The highest BCUT2D eigenvalue weighted by molar-refractivity contribution is 5.82. The summed E-state index contributed by atoms with van der Waals surface area (Å²) in [7, 11) is 0. The Morgan fingerprint density at radius 3 is 2.05 bits per heavy atom. The molecule has 0 saturated carbocycles. The number of aryl methyl sites for hydroxylation is 2. The van der Waals surface area contributed by atoms with E-state index in [0.29, 0.717) is 0 Å². The van der Waals surface area contributed by atoms with Gasteiger partial charge in [-0.15, -0.1) is 0 Å². The van der Waals surface area contributed by atoms with Crippen LogP contribution in [-0.2, 0) is 15.1 Å². The molecule has 20 heavy (non-hydrogen) atoms. The van der Waals surface area contributed by atoms with Gasteiger partial charge in [0.05, 0.1) is 6.61 Å². The van der Waals surface area contributed by atoms with Crippen LogP contribution in [0.2, 0.25) is 0 Å². The van der Waals surface area contributed by atoms with E-state index >= 15 is 0 Å². The molecular formula is C13H15F3O4. The number of carbonyl (C=O) groups excluding carboxylic acids is 1. The zero-order valence-corrected chi connectivity index (χ0v) is 11.2. The van der Waals surface area contributed by atoms with Crippen LogP contribution in [0.5, 0.6) is 5.75 Å². The Balaban J connectivity index is 3.51. The quantitative estimate of drug-likeness (QED) is 0.839. The number of aromatic hydroxyl groups is 1. The Morgan fingerprint density at radius 2 is 1.70 bits per heavy atom. The molecule has 2 N–H and O–H groups in total. The zero-order valence-electron chi connectivity index (χ0n) is 11.2.